The van der Waals surface area contributed by atoms with Crippen LogP contribution >= 0.6 is 0 Å². The molecule has 0 radical (unpaired) electrons. The van der Waals surface area contributed by atoms with Gasteiger partial charge in [-0.3, -0.25) is 15.0 Å². The molecule has 1 aliphatic heterocycles. The van der Waals surface area contributed by atoms with Gasteiger partial charge < -0.3 is 11.1 Å². The Balaban J connectivity index is 1.96. The van der Waals surface area contributed by atoms with E-state index >= 15 is 0 Å². The van der Waals surface area contributed by atoms with Crippen molar-refractivity contribution in [2.24, 2.45) is 11.7 Å². The molecule has 0 unspecified atom stereocenters. The molecule has 3 amide bonds. The number of carbonyl (C=O) groups is 2. The second kappa shape index (κ2) is 7.19. The summed E-state index contributed by atoms with van der Waals surface area (Å²) in [5.41, 5.74) is 7.12. The summed E-state index contributed by atoms with van der Waals surface area (Å²) in [5, 5.41) is 4.65. The number of amides is 3. The Morgan fingerprint density at radius 1 is 1.29 bits per heavy atom. The minimum absolute atomic E-state index is 0.216. The maximum Gasteiger partial charge on any atom is 0.321 e. The highest BCUT2D eigenvalue weighted by atomic mass is 16.2. The highest BCUT2D eigenvalue weighted by Crippen LogP contribution is 2.31. The molecule has 2 atom stereocenters. The van der Waals surface area contributed by atoms with Crippen molar-refractivity contribution in [1.82, 2.24) is 15.5 Å². The van der Waals surface area contributed by atoms with Crippen LogP contribution in [0.5, 0.6) is 0 Å². The van der Waals surface area contributed by atoms with Crippen molar-refractivity contribution < 1.29 is 9.59 Å². The van der Waals surface area contributed by atoms with E-state index in [1.165, 1.54) is 12.6 Å². The standard InChI is InChI=1S/C15H22N4O2/c1-17-15(21)18-14(20)10-19-8-12(7-16)13(9-19)11-5-3-2-4-6-11/h2-6,12-13H,7-10,16H2,1H3,(H2,17,18,20,21)/t12-,13+/m1/s1. The number of nitrogens with two attached hydrogens (primary N) is 1. The SMILES string of the molecule is CNC(=O)NC(=O)CN1C[C@@H](CN)[C@H](c2ccccc2)C1. The smallest absolute Gasteiger partial charge is 0.321 e. The van der Waals surface area contributed by atoms with Crippen LogP contribution in [0.4, 0.5) is 4.79 Å². The van der Waals surface area contributed by atoms with Crippen LogP contribution in [0.15, 0.2) is 30.3 Å². The normalized spacial score (nSPS) is 22.0. The lowest BCUT2D eigenvalue weighted by Gasteiger charge is -2.16. The van der Waals surface area contributed by atoms with Gasteiger partial charge in [0.25, 0.3) is 0 Å². The summed E-state index contributed by atoms with van der Waals surface area (Å²) >= 11 is 0. The molecular weight excluding hydrogens is 268 g/mol. The molecule has 1 aromatic rings. The Labute approximate surface area is 124 Å². The van der Waals surface area contributed by atoms with Gasteiger partial charge in [-0.05, 0) is 18.0 Å². The summed E-state index contributed by atoms with van der Waals surface area (Å²) < 4.78 is 0. The van der Waals surface area contributed by atoms with Crippen LogP contribution in [-0.4, -0.2) is 50.1 Å². The second-order valence-electron chi connectivity index (χ2n) is 5.33. The van der Waals surface area contributed by atoms with Crippen LogP contribution in [0.2, 0.25) is 0 Å². The molecule has 0 aliphatic carbocycles. The molecule has 0 bridgehead atoms. The minimum atomic E-state index is -0.478. The molecule has 1 fully saturated rings. The molecule has 0 aromatic heterocycles. The average Bonchev–Trinajstić information content (AvgIpc) is 2.90. The van der Waals surface area contributed by atoms with E-state index in [4.69, 9.17) is 5.73 Å². The van der Waals surface area contributed by atoms with Crippen molar-refractivity contribution >= 4 is 11.9 Å². The molecule has 1 aromatic carbocycles. The van der Waals surface area contributed by atoms with Gasteiger partial charge in [-0.2, -0.15) is 0 Å². The van der Waals surface area contributed by atoms with E-state index in [-0.39, 0.29) is 12.5 Å². The highest BCUT2D eigenvalue weighted by molar-refractivity contribution is 5.95. The van der Waals surface area contributed by atoms with E-state index in [1.807, 2.05) is 23.1 Å². The largest absolute Gasteiger partial charge is 0.341 e. The molecule has 4 N–H and O–H groups in total. The van der Waals surface area contributed by atoms with Crippen LogP contribution in [0.25, 0.3) is 0 Å². The Hall–Kier alpha value is -1.92. The van der Waals surface area contributed by atoms with Gasteiger partial charge in [0.2, 0.25) is 5.91 Å². The van der Waals surface area contributed by atoms with Gasteiger partial charge in [-0.25, -0.2) is 4.79 Å². The summed E-state index contributed by atoms with van der Waals surface area (Å²) in [4.78, 5) is 24.9. The van der Waals surface area contributed by atoms with Crippen molar-refractivity contribution in [3.05, 3.63) is 35.9 Å². The van der Waals surface area contributed by atoms with E-state index in [2.05, 4.69) is 22.8 Å². The minimum Gasteiger partial charge on any atom is -0.341 e. The van der Waals surface area contributed by atoms with Crippen molar-refractivity contribution in [2.75, 3.05) is 33.2 Å². The molecule has 1 saturated heterocycles. The summed E-state index contributed by atoms with van der Waals surface area (Å²) in [7, 11) is 1.48. The lowest BCUT2D eigenvalue weighted by atomic mass is 9.89. The number of hydrogen-bond acceptors (Lipinski definition) is 4. The average molecular weight is 290 g/mol. The maximum absolute atomic E-state index is 11.8. The topological polar surface area (TPSA) is 87.5 Å². The monoisotopic (exact) mass is 290 g/mol. The predicted octanol–water partition coefficient (Wildman–Crippen LogP) is 0.116. The maximum atomic E-state index is 11.8. The first-order chi connectivity index (χ1) is 10.1. The van der Waals surface area contributed by atoms with E-state index in [1.54, 1.807) is 0 Å². The number of likely N-dealkylation sites (tertiary alicyclic amines) is 1. The van der Waals surface area contributed by atoms with Gasteiger partial charge in [0.15, 0.2) is 0 Å². The van der Waals surface area contributed by atoms with Crippen LogP contribution < -0.4 is 16.4 Å². The predicted molar refractivity (Wildman–Crippen MR) is 80.8 cm³/mol. The van der Waals surface area contributed by atoms with Gasteiger partial charge in [-0.1, -0.05) is 30.3 Å². The zero-order valence-electron chi connectivity index (χ0n) is 12.2. The lowest BCUT2D eigenvalue weighted by Crippen LogP contribution is -2.43. The van der Waals surface area contributed by atoms with Gasteiger partial charge in [0.05, 0.1) is 6.54 Å². The van der Waals surface area contributed by atoms with E-state index in [9.17, 15) is 9.59 Å². The lowest BCUT2D eigenvalue weighted by molar-refractivity contribution is -0.120. The Morgan fingerprint density at radius 3 is 2.62 bits per heavy atom. The summed E-state index contributed by atoms with van der Waals surface area (Å²) in [6, 6.07) is 9.75. The Kier molecular flexibility index (Phi) is 5.30. The molecular formula is C15H22N4O2. The molecule has 114 valence electrons. The van der Waals surface area contributed by atoms with E-state index in [0.29, 0.717) is 18.4 Å². The van der Waals surface area contributed by atoms with Gasteiger partial charge in [0.1, 0.15) is 0 Å². The van der Waals surface area contributed by atoms with Crippen molar-refractivity contribution in [1.29, 1.82) is 0 Å². The fraction of sp³-hybridized carbons (Fsp3) is 0.467. The summed E-state index contributed by atoms with van der Waals surface area (Å²) in [6.07, 6.45) is 0. The number of rotatable bonds is 4. The number of nitrogens with one attached hydrogen (secondary N) is 2. The van der Waals surface area contributed by atoms with E-state index in [0.717, 1.165) is 13.1 Å². The molecule has 6 heteroatoms. The van der Waals surface area contributed by atoms with Crippen molar-refractivity contribution in [3.8, 4) is 0 Å². The van der Waals surface area contributed by atoms with Crippen molar-refractivity contribution in [3.63, 3.8) is 0 Å². The third-order valence-electron chi connectivity index (χ3n) is 3.89. The number of carbonyl (C=O) groups excluding carboxylic acids is 2. The third kappa shape index (κ3) is 4.03. The summed E-state index contributed by atoms with van der Waals surface area (Å²) in [6.45, 7) is 2.37. The fourth-order valence-corrected chi connectivity index (χ4v) is 2.84. The van der Waals surface area contributed by atoms with Crippen LogP contribution in [-0.2, 0) is 4.79 Å². The number of nitrogens with zero attached hydrogens (tertiary/aromatic N) is 1. The first-order valence-corrected chi connectivity index (χ1v) is 7.13. The molecule has 6 nitrogen and oxygen atoms in total. The van der Waals surface area contributed by atoms with Crippen LogP contribution in [0, 0.1) is 5.92 Å². The molecule has 2 rings (SSSR count). The molecule has 0 saturated carbocycles. The third-order valence-corrected chi connectivity index (χ3v) is 3.89. The van der Waals surface area contributed by atoms with Gasteiger partial charge in [-0.15, -0.1) is 0 Å². The van der Waals surface area contributed by atoms with Crippen molar-refractivity contribution in [2.45, 2.75) is 5.92 Å². The van der Waals surface area contributed by atoms with Crippen LogP contribution in [0.3, 0.4) is 0 Å². The van der Waals surface area contributed by atoms with Crippen LogP contribution in [0.1, 0.15) is 11.5 Å². The van der Waals surface area contributed by atoms with Gasteiger partial charge >= 0.3 is 6.03 Å². The number of benzene rings is 1. The molecule has 21 heavy (non-hydrogen) atoms. The Morgan fingerprint density at radius 2 is 2.00 bits per heavy atom. The second-order valence-corrected chi connectivity index (χ2v) is 5.33. The zero-order chi connectivity index (χ0) is 15.2. The quantitative estimate of drug-likeness (QED) is 0.735. The zero-order valence-corrected chi connectivity index (χ0v) is 12.2. The van der Waals surface area contributed by atoms with Gasteiger partial charge in [0, 0.05) is 26.1 Å². The van der Waals surface area contributed by atoms with E-state index < -0.39 is 6.03 Å². The number of urea groups is 1. The summed E-state index contributed by atoms with van der Waals surface area (Å²) in [5.74, 6) is 0.378. The molecule has 0 spiro atoms. The number of imide groups is 1. The highest BCUT2D eigenvalue weighted by Gasteiger charge is 2.33. The first-order valence-electron chi connectivity index (χ1n) is 7.13. The Bertz CT molecular complexity index is 492. The first kappa shape index (κ1) is 15.5. The molecule has 1 aliphatic rings. The molecule has 1 heterocycles. The number of hydrogen-bond donors (Lipinski definition) is 3. The fourth-order valence-electron chi connectivity index (χ4n) is 2.84.